The third-order valence-corrected chi connectivity index (χ3v) is 4.86. The average Bonchev–Trinajstić information content (AvgIpc) is 2.58. The normalized spacial score (nSPS) is 23.6. The molecule has 0 spiro atoms. The van der Waals surface area contributed by atoms with Crippen LogP contribution in [-0.2, 0) is 6.54 Å². The minimum atomic E-state index is -0.227. The lowest BCUT2D eigenvalue weighted by Crippen LogP contribution is -2.59. The summed E-state index contributed by atoms with van der Waals surface area (Å²) in [6.07, 6.45) is 1.94. The lowest BCUT2D eigenvalue weighted by Gasteiger charge is -2.46. The molecule has 21 heavy (non-hydrogen) atoms. The maximum atomic E-state index is 9.74. The van der Waals surface area contributed by atoms with E-state index in [0.29, 0.717) is 0 Å². The van der Waals surface area contributed by atoms with Gasteiger partial charge in [0.25, 0.3) is 0 Å². The summed E-state index contributed by atoms with van der Waals surface area (Å²) in [4.78, 5) is 4.89. The Morgan fingerprint density at radius 2 is 1.71 bits per heavy atom. The summed E-state index contributed by atoms with van der Waals surface area (Å²) in [5, 5.41) is 13.1. The zero-order chi connectivity index (χ0) is 14.5. The standard InChI is InChI=1S/C17H24N4/c18-15-17(21-12-8-19-9-13-21)6-10-20(11-7-17)14-16-4-2-1-3-5-16/h1-5,19H,6-14H2. The molecule has 1 aromatic rings. The highest BCUT2D eigenvalue weighted by molar-refractivity contribution is 5.16. The van der Waals surface area contributed by atoms with E-state index in [0.717, 1.165) is 58.7 Å². The predicted molar refractivity (Wildman–Crippen MR) is 83.7 cm³/mol. The fourth-order valence-electron chi connectivity index (χ4n) is 3.51. The lowest BCUT2D eigenvalue weighted by molar-refractivity contribution is 0.0492. The van der Waals surface area contributed by atoms with Crippen molar-refractivity contribution in [1.29, 1.82) is 5.26 Å². The topological polar surface area (TPSA) is 42.3 Å². The Kier molecular flexibility index (Phi) is 4.54. The number of rotatable bonds is 3. The van der Waals surface area contributed by atoms with Gasteiger partial charge >= 0.3 is 0 Å². The predicted octanol–water partition coefficient (Wildman–Crippen LogP) is 1.45. The third kappa shape index (κ3) is 3.26. The van der Waals surface area contributed by atoms with E-state index in [1.807, 2.05) is 0 Å². The molecule has 0 unspecified atom stereocenters. The zero-order valence-electron chi connectivity index (χ0n) is 12.6. The molecule has 0 bridgehead atoms. The highest BCUT2D eigenvalue weighted by Crippen LogP contribution is 2.29. The number of piperidine rings is 1. The number of nitriles is 1. The monoisotopic (exact) mass is 284 g/mol. The van der Waals surface area contributed by atoms with Crippen molar-refractivity contribution in [2.24, 2.45) is 0 Å². The SMILES string of the molecule is N#CC1(N2CCNCC2)CCN(Cc2ccccc2)CC1. The van der Waals surface area contributed by atoms with Gasteiger partial charge in [0.1, 0.15) is 5.54 Å². The largest absolute Gasteiger partial charge is 0.314 e. The second-order valence-electron chi connectivity index (χ2n) is 6.14. The molecule has 1 aromatic carbocycles. The molecule has 1 N–H and O–H groups in total. The van der Waals surface area contributed by atoms with E-state index in [4.69, 9.17) is 0 Å². The summed E-state index contributed by atoms with van der Waals surface area (Å²) in [6.45, 7) is 7.08. The average molecular weight is 284 g/mol. The molecule has 3 rings (SSSR count). The highest BCUT2D eigenvalue weighted by atomic mass is 15.3. The number of hydrogen-bond acceptors (Lipinski definition) is 4. The molecule has 4 nitrogen and oxygen atoms in total. The number of hydrogen-bond donors (Lipinski definition) is 1. The van der Waals surface area contributed by atoms with Crippen LogP contribution in [0.15, 0.2) is 30.3 Å². The number of piperazine rings is 1. The molecule has 2 heterocycles. The second-order valence-corrected chi connectivity index (χ2v) is 6.14. The van der Waals surface area contributed by atoms with E-state index in [1.165, 1.54) is 5.56 Å². The van der Waals surface area contributed by atoms with Crippen LogP contribution in [0, 0.1) is 11.3 Å². The van der Waals surface area contributed by atoms with E-state index in [1.54, 1.807) is 0 Å². The first-order chi connectivity index (χ1) is 10.3. The van der Waals surface area contributed by atoms with Gasteiger partial charge < -0.3 is 5.32 Å². The molecular formula is C17H24N4. The van der Waals surface area contributed by atoms with Crippen molar-refractivity contribution in [2.75, 3.05) is 39.3 Å². The summed E-state index contributed by atoms with van der Waals surface area (Å²) in [7, 11) is 0. The Hall–Kier alpha value is -1.41. The molecule has 0 radical (unpaired) electrons. The molecule has 2 aliphatic heterocycles. The van der Waals surface area contributed by atoms with Crippen LogP contribution in [0.1, 0.15) is 18.4 Å². The van der Waals surface area contributed by atoms with Crippen LogP contribution in [-0.4, -0.2) is 54.6 Å². The summed E-state index contributed by atoms with van der Waals surface area (Å²) in [6, 6.07) is 13.3. The van der Waals surface area contributed by atoms with Gasteiger partial charge in [0.05, 0.1) is 6.07 Å². The van der Waals surface area contributed by atoms with Crippen LogP contribution in [0.3, 0.4) is 0 Å². The van der Waals surface area contributed by atoms with E-state index in [9.17, 15) is 5.26 Å². The molecule has 2 aliphatic rings. The second kappa shape index (κ2) is 6.57. The van der Waals surface area contributed by atoms with Crippen LogP contribution >= 0.6 is 0 Å². The van der Waals surface area contributed by atoms with E-state index >= 15 is 0 Å². The van der Waals surface area contributed by atoms with Gasteiger partial charge in [-0.3, -0.25) is 9.80 Å². The Labute approximate surface area is 127 Å². The molecule has 0 atom stereocenters. The first-order valence-electron chi connectivity index (χ1n) is 7.96. The smallest absolute Gasteiger partial charge is 0.111 e. The van der Waals surface area contributed by atoms with Gasteiger partial charge in [0.2, 0.25) is 0 Å². The summed E-state index contributed by atoms with van der Waals surface area (Å²) in [5.74, 6) is 0. The van der Waals surface area contributed by atoms with Crippen molar-refractivity contribution in [2.45, 2.75) is 24.9 Å². The molecule has 0 aliphatic carbocycles. The molecule has 0 saturated carbocycles. The van der Waals surface area contributed by atoms with Crippen molar-refractivity contribution in [3.8, 4) is 6.07 Å². The molecule has 4 heteroatoms. The van der Waals surface area contributed by atoms with Gasteiger partial charge in [-0.05, 0) is 18.4 Å². The molecule has 0 amide bonds. The molecular weight excluding hydrogens is 260 g/mol. The maximum absolute atomic E-state index is 9.74. The number of likely N-dealkylation sites (tertiary alicyclic amines) is 1. The molecule has 2 saturated heterocycles. The molecule has 0 aromatic heterocycles. The van der Waals surface area contributed by atoms with Gasteiger partial charge in [0.15, 0.2) is 0 Å². The van der Waals surface area contributed by atoms with Gasteiger partial charge in [-0.25, -0.2) is 0 Å². The minimum absolute atomic E-state index is 0.227. The summed E-state index contributed by atoms with van der Waals surface area (Å²) < 4.78 is 0. The first-order valence-corrected chi connectivity index (χ1v) is 7.96. The van der Waals surface area contributed by atoms with Crippen molar-refractivity contribution in [3.63, 3.8) is 0 Å². The van der Waals surface area contributed by atoms with Gasteiger partial charge in [-0.2, -0.15) is 5.26 Å². The third-order valence-electron chi connectivity index (χ3n) is 4.86. The zero-order valence-corrected chi connectivity index (χ0v) is 12.6. The highest BCUT2D eigenvalue weighted by Gasteiger charge is 2.40. The van der Waals surface area contributed by atoms with Crippen molar-refractivity contribution < 1.29 is 0 Å². The Balaban J connectivity index is 1.59. The maximum Gasteiger partial charge on any atom is 0.111 e. The van der Waals surface area contributed by atoms with Crippen LogP contribution in [0.25, 0.3) is 0 Å². The molecule has 2 fully saturated rings. The van der Waals surface area contributed by atoms with Gasteiger partial charge in [0, 0.05) is 45.8 Å². The van der Waals surface area contributed by atoms with E-state index < -0.39 is 0 Å². The minimum Gasteiger partial charge on any atom is -0.314 e. The van der Waals surface area contributed by atoms with Crippen LogP contribution in [0.2, 0.25) is 0 Å². The van der Waals surface area contributed by atoms with E-state index in [2.05, 4.69) is 51.5 Å². The van der Waals surface area contributed by atoms with Crippen molar-refractivity contribution in [1.82, 2.24) is 15.1 Å². The summed E-state index contributed by atoms with van der Waals surface area (Å²) in [5.41, 5.74) is 1.14. The Bertz CT molecular complexity index is 479. The number of nitrogens with zero attached hydrogens (tertiary/aromatic N) is 3. The Morgan fingerprint density at radius 3 is 2.33 bits per heavy atom. The first kappa shape index (κ1) is 14.5. The van der Waals surface area contributed by atoms with Crippen molar-refractivity contribution in [3.05, 3.63) is 35.9 Å². The van der Waals surface area contributed by atoms with Crippen LogP contribution in [0.5, 0.6) is 0 Å². The fourth-order valence-corrected chi connectivity index (χ4v) is 3.51. The lowest BCUT2D eigenvalue weighted by atomic mass is 9.86. The van der Waals surface area contributed by atoms with Crippen LogP contribution in [0.4, 0.5) is 0 Å². The van der Waals surface area contributed by atoms with Gasteiger partial charge in [-0.1, -0.05) is 30.3 Å². The van der Waals surface area contributed by atoms with E-state index in [-0.39, 0.29) is 5.54 Å². The quantitative estimate of drug-likeness (QED) is 0.912. The fraction of sp³-hybridized carbons (Fsp3) is 0.588. The summed E-state index contributed by atoms with van der Waals surface area (Å²) >= 11 is 0. The number of benzene rings is 1. The van der Waals surface area contributed by atoms with Crippen molar-refractivity contribution >= 4 is 0 Å². The van der Waals surface area contributed by atoms with Gasteiger partial charge in [-0.15, -0.1) is 0 Å². The van der Waals surface area contributed by atoms with Crippen LogP contribution < -0.4 is 5.32 Å². The number of nitrogens with one attached hydrogen (secondary N) is 1. The molecule has 112 valence electrons. The Morgan fingerprint density at radius 1 is 1.05 bits per heavy atom.